The molecule has 5 heteroatoms. The Balaban J connectivity index is 2.15. The molecule has 2 aromatic rings. The molecule has 0 aliphatic heterocycles. The molecule has 0 saturated carbocycles. The Hall–Kier alpha value is -2.82. The van der Waals surface area contributed by atoms with E-state index in [0.717, 1.165) is 11.8 Å². The second-order valence-electron chi connectivity index (χ2n) is 4.71. The number of aromatic nitrogens is 1. The van der Waals surface area contributed by atoms with Crippen molar-refractivity contribution in [2.45, 2.75) is 13.5 Å². The average molecular weight is 298 g/mol. The van der Waals surface area contributed by atoms with Gasteiger partial charge in [0.25, 0.3) is 0 Å². The average Bonchev–Trinajstić information content (AvgIpc) is 2.94. The molecule has 5 nitrogen and oxygen atoms in total. The lowest BCUT2D eigenvalue weighted by Gasteiger charge is -2.21. The van der Waals surface area contributed by atoms with Crippen LogP contribution in [-0.4, -0.2) is 28.1 Å². The van der Waals surface area contributed by atoms with E-state index in [0.29, 0.717) is 12.2 Å². The minimum atomic E-state index is -1.02. The summed E-state index contributed by atoms with van der Waals surface area (Å²) in [6.07, 6.45) is 4.30. The van der Waals surface area contributed by atoms with Gasteiger partial charge >= 0.3 is 5.97 Å². The Morgan fingerprint density at radius 2 is 1.91 bits per heavy atom. The number of benzene rings is 1. The molecular weight excluding hydrogens is 280 g/mol. The van der Waals surface area contributed by atoms with Crippen molar-refractivity contribution >= 4 is 23.6 Å². The fourth-order valence-electron chi connectivity index (χ4n) is 2.22. The van der Waals surface area contributed by atoms with Crippen molar-refractivity contribution in [3.05, 3.63) is 60.4 Å². The molecular formula is C17H18N2O3. The van der Waals surface area contributed by atoms with Crippen LogP contribution in [0.1, 0.15) is 12.6 Å². The normalized spacial score (nSPS) is 10.8. The van der Waals surface area contributed by atoms with Crippen LogP contribution in [0.25, 0.3) is 6.08 Å². The van der Waals surface area contributed by atoms with E-state index in [1.807, 2.05) is 37.3 Å². The molecule has 1 N–H and O–H groups in total. The van der Waals surface area contributed by atoms with Crippen LogP contribution >= 0.6 is 0 Å². The number of carboxylic acids is 1. The van der Waals surface area contributed by atoms with Gasteiger partial charge in [-0.05, 0) is 37.3 Å². The zero-order valence-electron chi connectivity index (χ0n) is 12.3. The Morgan fingerprint density at radius 3 is 2.55 bits per heavy atom. The van der Waals surface area contributed by atoms with Crippen molar-refractivity contribution in [3.8, 4) is 0 Å². The van der Waals surface area contributed by atoms with Crippen molar-refractivity contribution in [2.75, 3.05) is 11.4 Å². The second kappa shape index (κ2) is 7.26. The lowest BCUT2D eigenvalue weighted by atomic mass is 10.3. The highest BCUT2D eigenvalue weighted by Crippen LogP contribution is 2.14. The summed E-state index contributed by atoms with van der Waals surface area (Å²) in [4.78, 5) is 24.8. The minimum Gasteiger partial charge on any atom is -0.478 e. The summed E-state index contributed by atoms with van der Waals surface area (Å²) in [5.74, 6) is -1.06. The van der Waals surface area contributed by atoms with Gasteiger partial charge in [-0.15, -0.1) is 0 Å². The molecule has 1 aromatic carbocycles. The van der Waals surface area contributed by atoms with Gasteiger partial charge in [-0.25, -0.2) is 4.79 Å². The van der Waals surface area contributed by atoms with Crippen molar-refractivity contribution < 1.29 is 14.7 Å². The zero-order chi connectivity index (χ0) is 15.9. The molecule has 1 amide bonds. The van der Waals surface area contributed by atoms with E-state index in [-0.39, 0.29) is 12.5 Å². The lowest BCUT2D eigenvalue weighted by Crippen LogP contribution is -2.33. The van der Waals surface area contributed by atoms with Gasteiger partial charge in [0.2, 0.25) is 5.91 Å². The number of aliphatic carboxylic acids is 1. The van der Waals surface area contributed by atoms with E-state index in [1.54, 1.807) is 27.8 Å². The van der Waals surface area contributed by atoms with E-state index in [1.165, 1.54) is 6.08 Å². The SMILES string of the molecule is CCN(C(=O)Cn1cccc1/C=C/C(=O)O)c1ccccc1. The van der Waals surface area contributed by atoms with Crippen LogP contribution in [0, 0.1) is 0 Å². The number of amides is 1. The van der Waals surface area contributed by atoms with Crippen LogP contribution in [0.4, 0.5) is 5.69 Å². The fraction of sp³-hybridized carbons (Fsp3) is 0.176. The Bertz CT molecular complexity index is 674. The zero-order valence-corrected chi connectivity index (χ0v) is 12.3. The predicted octanol–water partition coefficient (Wildman–Crippen LogP) is 2.64. The number of hydrogen-bond donors (Lipinski definition) is 1. The van der Waals surface area contributed by atoms with E-state index in [9.17, 15) is 9.59 Å². The number of carbonyl (C=O) groups excluding carboxylic acids is 1. The predicted molar refractivity (Wildman–Crippen MR) is 85.6 cm³/mol. The molecule has 22 heavy (non-hydrogen) atoms. The number of anilines is 1. The number of likely N-dealkylation sites (N-methyl/N-ethyl adjacent to an activating group) is 1. The summed E-state index contributed by atoms with van der Waals surface area (Å²) in [7, 11) is 0. The summed E-state index contributed by atoms with van der Waals surface area (Å²) in [5.41, 5.74) is 1.53. The van der Waals surface area contributed by atoms with Crippen LogP contribution < -0.4 is 4.90 Å². The first-order valence-electron chi connectivity index (χ1n) is 7.03. The molecule has 0 saturated heterocycles. The first-order valence-corrected chi connectivity index (χ1v) is 7.03. The van der Waals surface area contributed by atoms with Crippen LogP contribution in [0.2, 0.25) is 0 Å². The summed E-state index contributed by atoms with van der Waals surface area (Å²) >= 11 is 0. The summed E-state index contributed by atoms with van der Waals surface area (Å²) < 4.78 is 1.73. The standard InChI is InChI=1S/C17H18N2O3/c1-2-19(15-7-4-3-5-8-15)16(20)13-18-12-6-9-14(18)10-11-17(21)22/h3-12H,2,13H2,1H3,(H,21,22)/b11-10+. The summed E-state index contributed by atoms with van der Waals surface area (Å²) in [5, 5.41) is 8.69. The number of para-hydroxylation sites is 1. The topological polar surface area (TPSA) is 62.5 Å². The van der Waals surface area contributed by atoms with Gasteiger partial charge in [-0.3, -0.25) is 4.79 Å². The summed E-state index contributed by atoms with van der Waals surface area (Å²) in [6, 6.07) is 13.0. The number of hydrogen-bond acceptors (Lipinski definition) is 2. The highest BCUT2D eigenvalue weighted by molar-refractivity contribution is 5.93. The van der Waals surface area contributed by atoms with Gasteiger partial charge < -0.3 is 14.6 Å². The van der Waals surface area contributed by atoms with Gasteiger partial charge in [0.05, 0.1) is 0 Å². The first kappa shape index (κ1) is 15.6. The largest absolute Gasteiger partial charge is 0.478 e. The van der Waals surface area contributed by atoms with Gasteiger partial charge in [-0.1, -0.05) is 18.2 Å². The number of carbonyl (C=O) groups is 2. The monoisotopic (exact) mass is 298 g/mol. The van der Waals surface area contributed by atoms with E-state index < -0.39 is 5.97 Å². The van der Waals surface area contributed by atoms with Gasteiger partial charge in [-0.2, -0.15) is 0 Å². The molecule has 0 unspecified atom stereocenters. The van der Waals surface area contributed by atoms with Gasteiger partial charge in [0.15, 0.2) is 0 Å². The molecule has 1 aromatic heterocycles. The van der Waals surface area contributed by atoms with Crippen molar-refractivity contribution in [2.24, 2.45) is 0 Å². The van der Waals surface area contributed by atoms with Crippen LogP contribution in [0.3, 0.4) is 0 Å². The maximum atomic E-state index is 12.5. The van der Waals surface area contributed by atoms with Crippen molar-refractivity contribution in [1.29, 1.82) is 0 Å². The second-order valence-corrected chi connectivity index (χ2v) is 4.71. The molecule has 0 atom stereocenters. The Labute approximate surface area is 129 Å². The maximum Gasteiger partial charge on any atom is 0.328 e. The highest BCUT2D eigenvalue weighted by atomic mass is 16.4. The van der Waals surface area contributed by atoms with Gasteiger partial charge in [0.1, 0.15) is 6.54 Å². The Morgan fingerprint density at radius 1 is 1.18 bits per heavy atom. The first-order chi connectivity index (χ1) is 10.6. The van der Waals surface area contributed by atoms with Crippen molar-refractivity contribution in [3.63, 3.8) is 0 Å². The molecule has 2 rings (SSSR count). The highest BCUT2D eigenvalue weighted by Gasteiger charge is 2.14. The fourth-order valence-corrected chi connectivity index (χ4v) is 2.22. The molecule has 0 radical (unpaired) electrons. The quantitative estimate of drug-likeness (QED) is 0.834. The Kier molecular flexibility index (Phi) is 5.14. The third kappa shape index (κ3) is 3.85. The van der Waals surface area contributed by atoms with Crippen LogP contribution in [0.5, 0.6) is 0 Å². The molecule has 114 valence electrons. The van der Waals surface area contributed by atoms with E-state index >= 15 is 0 Å². The molecule has 0 spiro atoms. The molecule has 0 aliphatic carbocycles. The van der Waals surface area contributed by atoms with Crippen LogP contribution in [-0.2, 0) is 16.1 Å². The van der Waals surface area contributed by atoms with Gasteiger partial charge in [0, 0.05) is 30.2 Å². The molecule has 1 heterocycles. The molecule has 0 aliphatic rings. The molecule has 0 fully saturated rings. The third-order valence-electron chi connectivity index (χ3n) is 3.25. The van der Waals surface area contributed by atoms with Crippen LogP contribution in [0.15, 0.2) is 54.7 Å². The number of rotatable bonds is 6. The number of carboxylic acid groups (broad SMARTS) is 1. The lowest BCUT2D eigenvalue weighted by molar-refractivity contribution is -0.131. The van der Waals surface area contributed by atoms with Crippen molar-refractivity contribution in [1.82, 2.24) is 4.57 Å². The van der Waals surface area contributed by atoms with E-state index in [4.69, 9.17) is 5.11 Å². The number of nitrogens with zero attached hydrogens (tertiary/aromatic N) is 2. The summed E-state index contributed by atoms with van der Waals surface area (Å²) in [6.45, 7) is 2.66. The minimum absolute atomic E-state index is 0.0464. The smallest absolute Gasteiger partial charge is 0.328 e. The maximum absolute atomic E-state index is 12.5. The molecule has 0 bridgehead atoms. The third-order valence-corrected chi connectivity index (χ3v) is 3.25. The van der Waals surface area contributed by atoms with E-state index in [2.05, 4.69) is 0 Å².